The summed E-state index contributed by atoms with van der Waals surface area (Å²) in [7, 11) is 0. The molecule has 1 aromatic carbocycles. The molecule has 0 unspecified atom stereocenters. The summed E-state index contributed by atoms with van der Waals surface area (Å²) in [6.07, 6.45) is -3.96. The molecule has 0 saturated carbocycles. The van der Waals surface area contributed by atoms with E-state index >= 15 is 0 Å². The zero-order valence-corrected chi connectivity index (χ0v) is 7.57. The number of non-ortho nitro benzene ring substituents is 1. The highest BCUT2D eigenvalue weighted by molar-refractivity contribution is 5.98. The Bertz CT molecular complexity index is 489. The second-order valence-electron chi connectivity index (χ2n) is 3.01. The molecule has 0 radical (unpaired) electrons. The number of anilines is 1. The third-order valence-electron chi connectivity index (χ3n) is 1.92. The maximum Gasteiger partial charge on any atom is 0.482 e. The van der Waals surface area contributed by atoms with Gasteiger partial charge >= 0.3 is 12.0 Å². The Morgan fingerprint density at radius 3 is 2.75 bits per heavy atom. The van der Waals surface area contributed by atoms with Crippen molar-refractivity contribution in [2.45, 2.75) is 6.11 Å². The van der Waals surface area contributed by atoms with Gasteiger partial charge in [0.1, 0.15) is 0 Å². The van der Waals surface area contributed by atoms with Crippen LogP contribution in [0.5, 0.6) is 5.75 Å². The number of carbonyl (C=O) groups is 1. The first-order chi connectivity index (χ1) is 7.40. The van der Waals surface area contributed by atoms with Crippen LogP contribution in [0.15, 0.2) is 18.2 Å². The fourth-order valence-corrected chi connectivity index (χ4v) is 1.20. The van der Waals surface area contributed by atoms with E-state index in [9.17, 15) is 23.7 Å². The van der Waals surface area contributed by atoms with Gasteiger partial charge in [-0.25, -0.2) is 0 Å². The molecule has 0 aliphatic carbocycles. The Labute approximate surface area is 87.0 Å². The van der Waals surface area contributed by atoms with Crippen molar-refractivity contribution in [2.24, 2.45) is 0 Å². The van der Waals surface area contributed by atoms with Gasteiger partial charge in [-0.3, -0.25) is 14.9 Å². The maximum atomic E-state index is 12.8. The summed E-state index contributed by atoms with van der Waals surface area (Å²) in [4.78, 5) is 20.5. The number of hydrogen-bond donors (Lipinski definition) is 1. The monoisotopic (exact) mass is 230 g/mol. The third-order valence-corrected chi connectivity index (χ3v) is 1.92. The minimum Gasteiger partial charge on any atom is -0.423 e. The first kappa shape index (κ1) is 10.3. The minimum absolute atomic E-state index is 0.148. The fraction of sp³-hybridized carbons (Fsp3) is 0.125. The number of hydrogen-bond acceptors (Lipinski definition) is 4. The highest BCUT2D eigenvalue weighted by Gasteiger charge is 2.46. The molecule has 6 nitrogen and oxygen atoms in total. The summed E-state index contributed by atoms with van der Waals surface area (Å²) in [6, 6.07) is 2.95. The standard InChI is InChI=1S/C8H4F2N2O4/c9-8(10)7(13)11-5-3-4(12(14)15)1-2-6(5)16-8/h1-3H,(H,11,13). The Morgan fingerprint density at radius 1 is 1.44 bits per heavy atom. The Balaban J connectivity index is 2.44. The molecular weight excluding hydrogens is 226 g/mol. The number of nitrogens with one attached hydrogen (secondary N) is 1. The van der Waals surface area contributed by atoms with E-state index in [0.29, 0.717) is 0 Å². The molecule has 1 N–H and O–H groups in total. The second kappa shape index (κ2) is 3.12. The third kappa shape index (κ3) is 1.53. The number of alkyl halides is 2. The summed E-state index contributed by atoms with van der Waals surface area (Å²) in [5, 5.41) is 12.2. The summed E-state index contributed by atoms with van der Waals surface area (Å²) in [5.74, 6) is -1.96. The number of nitro groups is 1. The molecule has 0 atom stereocenters. The molecule has 1 aliphatic heterocycles. The lowest BCUT2D eigenvalue weighted by molar-refractivity contribution is -0.384. The second-order valence-corrected chi connectivity index (χ2v) is 3.01. The van der Waals surface area contributed by atoms with E-state index in [1.807, 2.05) is 5.32 Å². The van der Waals surface area contributed by atoms with Crippen molar-refractivity contribution in [3.05, 3.63) is 28.3 Å². The van der Waals surface area contributed by atoms with E-state index in [-0.39, 0.29) is 17.1 Å². The van der Waals surface area contributed by atoms with Crippen LogP contribution >= 0.6 is 0 Å². The number of ether oxygens (including phenoxy) is 1. The summed E-state index contributed by atoms with van der Waals surface area (Å²) in [5.41, 5.74) is -0.474. The van der Waals surface area contributed by atoms with Crippen molar-refractivity contribution in [1.82, 2.24) is 0 Å². The first-order valence-corrected chi connectivity index (χ1v) is 4.07. The molecule has 84 valence electrons. The quantitative estimate of drug-likeness (QED) is 0.585. The fourth-order valence-electron chi connectivity index (χ4n) is 1.20. The zero-order chi connectivity index (χ0) is 11.9. The summed E-state index contributed by atoms with van der Waals surface area (Å²) >= 11 is 0. The normalized spacial score (nSPS) is 17.0. The predicted molar refractivity (Wildman–Crippen MR) is 47.3 cm³/mol. The molecule has 0 aromatic heterocycles. The van der Waals surface area contributed by atoms with Crippen molar-refractivity contribution < 1.29 is 23.2 Å². The lowest BCUT2D eigenvalue weighted by Crippen LogP contribution is -2.43. The van der Waals surface area contributed by atoms with Gasteiger partial charge < -0.3 is 10.1 Å². The Morgan fingerprint density at radius 2 is 2.12 bits per heavy atom. The van der Waals surface area contributed by atoms with Gasteiger partial charge in [0.05, 0.1) is 10.6 Å². The van der Waals surface area contributed by atoms with Gasteiger partial charge in [-0.1, -0.05) is 0 Å². The van der Waals surface area contributed by atoms with Gasteiger partial charge in [0.2, 0.25) is 0 Å². The molecule has 16 heavy (non-hydrogen) atoms. The molecule has 0 spiro atoms. The van der Waals surface area contributed by atoms with Crippen LogP contribution in [0.25, 0.3) is 0 Å². The molecule has 0 bridgehead atoms. The highest BCUT2D eigenvalue weighted by atomic mass is 19.3. The number of benzene rings is 1. The van der Waals surface area contributed by atoms with Gasteiger partial charge in [-0.2, -0.15) is 8.78 Å². The molecule has 8 heteroatoms. The van der Waals surface area contributed by atoms with Crippen molar-refractivity contribution >= 4 is 17.3 Å². The van der Waals surface area contributed by atoms with Crippen molar-refractivity contribution in [1.29, 1.82) is 0 Å². The van der Waals surface area contributed by atoms with E-state index in [1.54, 1.807) is 0 Å². The molecule has 1 aliphatic rings. The molecule has 0 fully saturated rings. The molecule has 2 rings (SSSR count). The topological polar surface area (TPSA) is 81.5 Å². The number of nitrogens with zero attached hydrogens (tertiary/aromatic N) is 1. The average Bonchev–Trinajstić information content (AvgIpc) is 2.18. The number of fused-ring (bicyclic) bond motifs is 1. The Kier molecular flexibility index (Phi) is 2.00. The molecule has 1 aromatic rings. The van der Waals surface area contributed by atoms with Gasteiger partial charge in [0.15, 0.2) is 5.75 Å². The SMILES string of the molecule is O=C1Nc2cc([N+](=O)[O-])ccc2OC1(F)F. The zero-order valence-electron chi connectivity index (χ0n) is 7.57. The predicted octanol–water partition coefficient (Wildman–Crippen LogP) is 1.52. The largest absolute Gasteiger partial charge is 0.482 e. The Hall–Kier alpha value is -2.25. The van der Waals surface area contributed by atoms with Crippen LogP contribution in [0.3, 0.4) is 0 Å². The molecule has 1 heterocycles. The lowest BCUT2D eigenvalue weighted by Gasteiger charge is -2.24. The van der Waals surface area contributed by atoms with Crippen LogP contribution in [-0.4, -0.2) is 16.9 Å². The van der Waals surface area contributed by atoms with Crippen LogP contribution in [-0.2, 0) is 4.79 Å². The van der Waals surface area contributed by atoms with E-state index in [0.717, 1.165) is 18.2 Å². The van der Waals surface area contributed by atoms with Gasteiger partial charge in [0.25, 0.3) is 5.69 Å². The van der Waals surface area contributed by atoms with Crippen LogP contribution in [0.4, 0.5) is 20.2 Å². The molecule has 1 amide bonds. The van der Waals surface area contributed by atoms with E-state index in [1.165, 1.54) is 0 Å². The van der Waals surface area contributed by atoms with Gasteiger partial charge in [-0.05, 0) is 6.07 Å². The smallest absolute Gasteiger partial charge is 0.423 e. The van der Waals surface area contributed by atoms with Crippen molar-refractivity contribution in [3.63, 3.8) is 0 Å². The summed E-state index contributed by atoms with van der Waals surface area (Å²) in [6.45, 7) is 0. The van der Waals surface area contributed by atoms with Crippen LogP contribution in [0.1, 0.15) is 0 Å². The molecular formula is C8H4F2N2O4. The number of carbonyl (C=O) groups excluding carboxylic acids is 1. The van der Waals surface area contributed by atoms with Crippen LogP contribution in [0.2, 0.25) is 0 Å². The average molecular weight is 230 g/mol. The summed E-state index contributed by atoms with van der Waals surface area (Å²) < 4.78 is 29.6. The minimum atomic E-state index is -3.96. The van der Waals surface area contributed by atoms with E-state index in [4.69, 9.17) is 0 Å². The van der Waals surface area contributed by atoms with Crippen molar-refractivity contribution in [3.8, 4) is 5.75 Å². The van der Waals surface area contributed by atoms with Crippen LogP contribution < -0.4 is 10.1 Å². The number of amides is 1. The number of rotatable bonds is 1. The van der Waals surface area contributed by atoms with E-state index in [2.05, 4.69) is 4.74 Å². The van der Waals surface area contributed by atoms with Crippen LogP contribution in [0, 0.1) is 10.1 Å². The number of nitro benzene ring substituents is 1. The van der Waals surface area contributed by atoms with Crippen molar-refractivity contribution in [2.75, 3.05) is 5.32 Å². The van der Waals surface area contributed by atoms with E-state index < -0.39 is 16.9 Å². The van der Waals surface area contributed by atoms with Gasteiger partial charge in [-0.15, -0.1) is 0 Å². The highest BCUT2D eigenvalue weighted by Crippen LogP contribution is 2.37. The maximum absolute atomic E-state index is 12.8. The first-order valence-electron chi connectivity index (χ1n) is 4.07. The lowest BCUT2D eigenvalue weighted by atomic mass is 10.2. The number of halogens is 2. The van der Waals surface area contributed by atoms with Gasteiger partial charge in [0, 0.05) is 12.1 Å². The molecule has 0 saturated heterocycles.